The van der Waals surface area contributed by atoms with E-state index in [9.17, 15) is 14.4 Å². The van der Waals surface area contributed by atoms with E-state index in [0.29, 0.717) is 29.0 Å². The van der Waals surface area contributed by atoms with Gasteiger partial charge in [-0.05, 0) is 68.6 Å². The molecular formula is C21H24Cl2N2O5. The molecule has 2 atom stereocenters. The van der Waals surface area contributed by atoms with Crippen molar-refractivity contribution in [2.75, 3.05) is 13.7 Å². The van der Waals surface area contributed by atoms with Crippen molar-refractivity contribution in [3.63, 3.8) is 0 Å². The van der Waals surface area contributed by atoms with Gasteiger partial charge in [0.15, 0.2) is 6.61 Å². The highest BCUT2D eigenvalue weighted by molar-refractivity contribution is 6.31. The molecule has 2 N–H and O–H groups in total. The van der Waals surface area contributed by atoms with Crippen LogP contribution in [0.25, 0.3) is 0 Å². The third-order valence-corrected chi connectivity index (χ3v) is 7.16. The van der Waals surface area contributed by atoms with Crippen LogP contribution in [-0.2, 0) is 14.3 Å². The largest absolute Gasteiger partial charge is 0.496 e. The van der Waals surface area contributed by atoms with E-state index in [1.165, 1.54) is 13.2 Å². The molecule has 1 aromatic carbocycles. The van der Waals surface area contributed by atoms with Gasteiger partial charge in [0.25, 0.3) is 11.8 Å². The maximum absolute atomic E-state index is 12.8. The molecule has 4 fully saturated rings. The molecule has 0 saturated heterocycles. The van der Waals surface area contributed by atoms with E-state index in [2.05, 4.69) is 10.9 Å². The first-order chi connectivity index (χ1) is 14.2. The summed E-state index contributed by atoms with van der Waals surface area (Å²) in [5.41, 5.74) is 4.11. The van der Waals surface area contributed by atoms with Gasteiger partial charge in [-0.3, -0.25) is 25.2 Å². The van der Waals surface area contributed by atoms with Gasteiger partial charge in [0, 0.05) is 9.90 Å². The monoisotopic (exact) mass is 454 g/mol. The molecule has 0 radical (unpaired) electrons. The van der Waals surface area contributed by atoms with Crippen LogP contribution in [0.3, 0.4) is 0 Å². The van der Waals surface area contributed by atoms with E-state index < -0.39 is 23.8 Å². The summed E-state index contributed by atoms with van der Waals surface area (Å²) in [5.74, 6) is -0.370. The number of halogens is 2. The first kappa shape index (κ1) is 21.2. The molecule has 30 heavy (non-hydrogen) atoms. The van der Waals surface area contributed by atoms with Crippen LogP contribution >= 0.6 is 23.2 Å². The molecule has 2 unspecified atom stereocenters. The molecule has 0 aromatic heterocycles. The Kier molecular flexibility index (Phi) is 5.62. The van der Waals surface area contributed by atoms with Crippen molar-refractivity contribution in [1.29, 1.82) is 0 Å². The van der Waals surface area contributed by atoms with E-state index in [-0.39, 0.29) is 16.4 Å². The molecule has 4 saturated carbocycles. The van der Waals surface area contributed by atoms with Gasteiger partial charge in [-0.1, -0.05) is 11.6 Å². The standard InChI is InChI=1S/C21H24Cl2N2O5/c1-29-16-3-2-14(22)5-15(16)18(27)25-24-17(26)10-30-19(28)20-6-12-4-13(7-20)9-21(23,8-12)11-20/h2-3,5,12-13H,4,6-11H2,1H3,(H,24,26)(H,25,27). The lowest BCUT2D eigenvalue weighted by atomic mass is 9.49. The van der Waals surface area contributed by atoms with Crippen LogP contribution in [0.4, 0.5) is 0 Å². The average Bonchev–Trinajstić information content (AvgIpc) is 2.68. The molecule has 2 amide bonds. The number of hydrogen-bond donors (Lipinski definition) is 2. The molecule has 4 bridgehead atoms. The number of rotatable bonds is 5. The zero-order valence-corrected chi connectivity index (χ0v) is 18.1. The second kappa shape index (κ2) is 7.93. The Balaban J connectivity index is 1.30. The molecule has 0 heterocycles. The predicted octanol–water partition coefficient (Wildman–Crippen LogP) is 3.23. The summed E-state index contributed by atoms with van der Waals surface area (Å²) in [6.07, 6.45) is 5.22. The van der Waals surface area contributed by atoms with Crippen molar-refractivity contribution >= 4 is 41.0 Å². The number of hydrogen-bond acceptors (Lipinski definition) is 5. The summed E-state index contributed by atoms with van der Waals surface area (Å²) >= 11 is 12.7. The predicted molar refractivity (Wildman–Crippen MR) is 110 cm³/mol. The third kappa shape index (κ3) is 4.10. The van der Waals surface area contributed by atoms with E-state index in [1.54, 1.807) is 12.1 Å². The first-order valence-electron chi connectivity index (χ1n) is 10.0. The van der Waals surface area contributed by atoms with Gasteiger partial charge < -0.3 is 9.47 Å². The zero-order valence-electron chi connectivity index (χ0n) is 16.6. The van der Waals surface area contributed by atoms with Crippen molar-refractivity contribution < 1.29 is 23.9 Å². The molecular weight excluding hydrogens is 431 g/mol. The second-order valence-electron chi connectivity index (χ2n) is 8.82. The fraction of sp³-hybridized carbons (Fsp3) is 0.571. The number of carbonyl (C=O) groups excluding carboxylic acids is 3. The molecule has 162 valence electrons. The maximum Gasteiger partial charge on any atom is 0.312 e. The van der Waals surface area contributed by atoms with Gasteiger partial charge >= 0.3 is 5.97 Å². The Bertz CT molecular complexity index is 876. The average molecular weight is 455 g/mol. The van der Waals surface area contributed by atoms with Crippen LogP contribution in [0, 0.1) is 17.3 Å². The number of methoxy groups -OCH3 is 1. The third-order valence-electron chi connectivity index (χ3n) is 6.48. The fourth-order valence-corrected chi connectivity index (χ4v) is 6.63. The van der Waals surface area contributed by atoms with E-state index in [4.69, 9.17) is 32.7 Å². The van der Waals surface area contributed by atoms with Crippen molar-refractivity contribution in [2.45, 2.75) is 43.4 Å². The molecule has 4 aliphatic rings. The minimum Gasteiger partial charge on any atom is -0.496 e. The van der Waals surface area contributed by atoms with Crippen LogP contribution in [0.5, 0.6) is 5.75 Å². The van der Waals surface area contributed by atoms with Gasteiger partial charge in [-0.2, -0.15) is 0 Å². The van der Waals surface area contributed by atoms with E-state index in [1.807, 2.05) is 0 Å². The number of benzene rings is 1. The molecule has 0 spiro atoms. The minimum atomic E-state index is -0.636. The molecule has 1 aromatic rings. The highest BCUT2D eigenvalue weighted by Crippen LogP contribution is 2.64. The van der Waals surface area contributed by atoms with E-state index >= 15 is 0 Å². The number of ether oxygens (including phenoxy) is 2. The lowest BCUT2D eigenvalue weighted by molar-refractivity contribution is -0.171. The van der Waals surface area contributed by atoms with Gasteiger partial charge in [-0.15, -0.1) is 11.6 Å². The van der Waals surface area contributed by atoms with E-state index in [0.717, 1.165) is 32.1 Å². The number of alkyl halides is 1. The van der Waals surface area contributed by atoms with Crippen LogP contribution in [0.2, 0.25) is 5.02 Å². The lowest BCUT2D eigenvalue weighted by Crippen LogP contribution is -2.56. The molecule has 0 aliphatic heterocycles. The van der Waals surface area contributed by atoms with Crippen LogP contribution < -0.4 is 15.6 Å². The highest BCUT2D eigenvalue weighted by Gasteiger charge is 2.60. The Hall–Kier alpha value is -1.99. The number of carbonyl (C=O) groups is 3. The van der Waals surface area contributed by atoms with Crippen molar-refractivity contribution in [1.82, 2.24) is 10.9 Å². The van der Waals surface area contributed by atoms with Crippen molar-refractivity contribution in [3.8, 4) is 5.75 Å². The summed E-state index contributed by atoms with van der Waals surface area (Å²) in [7, 11) is 1.42. The topological polar surface area (TPSA) is 93.7 Å². The van der Waals surface area contributed by atoms with Crippen molar-refractivity contribution in [3.05, 3.63) is 28.8 Å². The normalized spacial score (nSPS) is 31.2. The minimum absolute atomic E-state index is 0.170. The Labute approximate surface area is 184 Å². The van der Waals surface area contributed by atoms with Crippen LogP contribution in [-0.4, -0.2) is 36.4 Å². The number of hydrazine groups is 1. The zero-order chi connectivity index (χ0) is 21.5. The summed E-state index contributed by atoms with van der Waals surface area (Å²) in [4.78, 5) is 36.9. The fourth-order valence-electron chi connectivity index (χ4n) is 5.76. The first-order valence-corrected chi connectivity index (χ1v) is 10.8. The summed E-state index contributed by atoms with van der Waals surface area (Å²) < 4.78 is 10.4. The van der Waals surface area contributed by atoms with Gasteiger partial charge in [0.1, 0.15) is 5.75 Å². The second-order valence-corrected chi connectivity index (χ2v) is 10.1. The van der Waals surface area contributed by atoms with Crippen LogP contribution in [0.15, 0.2) is 18.2 Å². The number of amides is 2. The summed E-state index contributed by atoms with van der Waals surface area (Å²) in [6.45, 7) is -0.474. The van der Waals surface area contributed by atoms with Crippen LogP contribution in [0.1, 0.15) is 48.9 Å². The Morgan fingerprint density at radius 3 is 2.47 bits per heavy atom. The summed E-state index contributed by atoms with van der Waals surface area (Å²) in [5, 5.41) is 0.355. The number of nitrogens with one attached hydrogen (secondary N) is 2. The smallest absolute Gasteiger partial charge is 0.312 e. The maximum atomic E-state index is 12.8. The highest BCUT2D eigenvalue weighted by atomic mass is 35.5. The molecule has 5 rings (SSSR count). The molecule has 4 aliphatic carbocycles. The summed E-state index contributed by atoms with van der Waals surface area (Å²) in [6, 6.07) is 4.57. The van der Waals surface area contributed by atoms with Gasteiger partial charge in [0.05, 0.1) is 18.1 Å². The molecule has 7 nitrogen and oxygen atoms in total. The number of esters is 1. The Morgan fingerprint density at radius 1 is 1.13 bits per heavy atom. The molecule has 9 heteroatoms. The van der Waals surface area contributed by atoms with Crippen molar-refractivity contribution in [2.24, 2.45) is 17.3 Å². The Morgan fingerprint density at radius 2 is 1.83 bits per heavy atom. The lowest BCUT2D eigenvalue weighted by Gasteiger charge is -2.58. The SMILES string of the molecule is COc1ccc(Cl)cc1C(=O)NNC(=O)COC(=O)C12CC3CC(CC(Cl)(C3)C1)C2. The van der Waals surface area contributed by atoms with Gasteiger partial charge in [0.2, 0.25) is 0 Å². The van der Waals surface area contributed by atoms with Gasteiger partial charge in [-0.25, -0.2) is 0 Å². The quantitative estimate of drug-likeness (QED) is 0.404.